The number of aromatic hydroxyl groups is 1. The summed E-state index contributed by atoms with van der Waals surface area (Å²) in [6.45, 7) is 0. The fraction of sp³-hybridized carbons (Fsp3) is 0. The molecule has 2 N–H and O–H groups in total. The van der Waals surface area contributed by atoms with Crippen LogP contribution in [-0.4, -0.2) is 13.5 Å². The lowest BCUT2D eigenvalue weighted by Crippen LogP contribution is -2.13. The van der Waals surface area contributed by atoms with Crippen molar-refractivity contribution in [3.8, 4) is 5.75 Å². The lowest BCUT2D eigenvalue weighted by Gasteiger charge is -2.13. The Morgan fingerprint density at radius 3 is 2.35 bits per heavy atom. The first-order valence-corrected chi connectivity index (χ1v) is 9.64. The highest BCUT2D eigenvalue weighted by Gasteiger charge is 2.19. The molecule has 0 aliphatic carbocycles. The fourth-order valence-corrected chi connectivity index (χ4v) is 4.84. The molecule has 0 aromatic heterocycles. The van der Waals surface area contributed by atoms with Crippen molar-refractivity contribution in [2.45, 2.75) is 4.90 Å². The molecule has 3 rings (SSSR count). The summed E-state index contributed by atoms with van der Waals surface area (Å²) in [6.07, 6.45) is 0. The van der Waals surface area contributed by atoms with Crippen LogP contribution in [0.1, 0.15) is 0 Å². The van der Waals surface area contributed by atoms with E-state index in [1.165, 1.54) is 12.1 Å². The highest BCUT2D eigenvalue weighted by molar-refractivity contribution is 9.11. The fourth-order valence-electron chi connectivity index (χ4n) is 2.26. The number of phenolic OH excluding ortho intramolecular Hbond substituents is 1. The Hall–Kier alpha value is -1.57. The Bertz CT molecular complexity index is 1000. The SMILES string of the molecule is O=S(=O)(Nc1ccc(O)c2ccccc12)c1cc(Br)ccc1Br. The van der Waals surface area contributed by atoms with E-state index in [4.69, 9.17) is 0 Å². The van der Waals surface area contributed by atoms with Gasteiger partial charge in [-0.3, -0.25) is 4.72 Å². The summed E-state index contributed by atoms with van der Waals surface area (Å²) in [6, 6.07) is 15.0. The Balaban J connectivity index is 2.12. The van der Waals surface area contributed by atoms with Crippen molar-refractivity contribution in [1.29, 1.82) is 0 Å². The van der Waals surface area contributed by atoms with Gasteiger partial charge in [-0.15, -0.1) is 0 Å². The van der Waals surface area contributed by atoms with Gasteiger partial charge >= 0.3 is 0 Å². The van der Waals surface area contributed by atoms with Crippen molar-refractivity contribution in [3.63, 3.8) is 0 Å². The number of rotatable bonds is 3. The van der Waals surface area contributed by atoms with Gasteiger partial charge in [-0.25, -0.2) is 8.42 Å². The van der Waals surface area contributed by atoms with Crippen LogP contribution in [0.3, 0.4) is 0 Å². The number of nitrogens with one attached hydrogen (secondary N) is 1. The minimum absolute atomic E-state index is 0.104. The number of hydrogen-bond acceptors (Lipinski definition) is 3. The quantitative estimate of drug-likeness (QED) is 0.552. The van der Waals surface area contributed by atoms with Crippen LogP contribution in [0.5, 0.6) is 5.75 Å². The first-order chi connectivity index (χ1) is 10.9. The molecule has 0 bridgehead atoms. The molecule has 0 heterocycles. The number of halogens is 2. The van der Waals surface area contributed by atoms with Crippen LogP contribution >= 0.6 is 31.9 Å². The molecule has 0 amide bonds. The molecule has 0 aliphatic heterocycles. The molecule has 118 valence electrons. The van der Waals surface area contributed by atoms with Gasteiger partial charge in [-0.2, -0.15) is 0 Å². The maximum absolute atomic E-state index is 12.7. The van der Waals surface area contributed by atoms with Crippen molar-refractivity contribution >= 4 is 58.3 Å². The molecule has 0 saturated heterocycles. The molecule has 0 spiro atoms. The molecule has 0 saturated carbocycles. The summed E-state index contributed by atoms with van der Waals surface area (Å²) in [5.41, 5.74) is 0.408. The van der Waals surface area contributed by atoms with E-state index in [9.17, 15) is 13.5 Å². The van der Waals surface area contributed by atoms with E-state index in [2.05, 4.69) is 36.6 Å². The van der Waals surface area contributed by atoms with Gasteiger partial charge in [0.25, 0.3) is 10.0 Å². The Morgan fingerprint density at radius 1 is 0.913 bits per heavy atom. The van der Waals surface area contributed by atoms with E-state index < -0.39 is 10.0 Å². The smallest absolute Gasteiger partial charge is 0.263 e. The van der Waals surface area contributed by atoms with Crippen LogP contribution in [-0.2, 0) is 10.0 Å². The molecule has 3 aromatic rings. The summed E-state index contributed by atoms with van der Waals surface area (Å²) < 4.78 is 29.1. The summed E-state index contributed by atoms with van der Waals surface area (Å²) >= 11 is 6.54. The number of hydrogen-bond donors (Lipinski definition) is 2. The third-order valence-electron chi connectivity index (χ3n) is 3.33. The van der Waals surface area contributed by atoms with Crippen LogP contribution in [0.4, 0.5) is 5.69 Å². The average Bonchev–Trinajstić information content (AvgIpc) is 2.52. The predicted octanol–water partition coefficient (Wildman–Crippen LogP) is 4.87. The number of fused-ring (bicyclic) bond motifs is 1. The predicted molar refractivity (Wildman–Crippen MR) is 98.3 cm³/mol. The van der Waals surface area contributed by atoms with E-state index in [0.717, 1.165) is 0 Å². The van der Waals surface area contributed by atoms with Gasteiger partial charge in [-0.1, -0.05) is 40.2 Å². The summed E-state index contributed by atoms with van der Waals surface area (Å²) in [7, 11) is -3.78. The molecule has 0 fully saturated rings. The van der Waals surface area contributed by atoms with Gasteiger partial charge in [0.15, 0.2) is 0 Å². The first kappa shape index (κ1) is 16.3. The maximum atomic E-state index is 12.7. The van der Waals surface area contributed by atoms with Gasteiger partial charge in [0.2, 0.25) is 0 Å². The van der Waals surface area contributed by atoms with E-state index in [-0.39, 0.29) is 10.6 Å². The molecular formula is C16H11Br2NO3S. The van der Waals surface area contributed by atoms with Gasteiger partial charge in [0.1, 0.15) is 10.6 Å². The van der Waals surface area contributed by atoms with Crippen molar-refractivity contribution < 1.29 is 13.5 Å². The minimum Gasteiger partial charge on any atom is -0.507 e. The molecular weight excluding hydrogens is 446 g/mol. The first-order valence-electron chi connectivity index (χ1n) is 6.57. The van der Waals surface area contributed by atoms with E-state index in [0.29, 0.717) is 25.4 Å². The highest BCUT2D eigenvalue weighted by atomic mass is 79.9. The van der Waals surface area contributed by atoms with Crippen molar-refractivity contribution in [3.05, 3.63) is 63.5 Å². The Morgan fingerprint density at radius 2 is 1.61 bits per heavy atom. The number of sulfonamides is 1. The molecule has 3 aromatic carbocycles. The van der Waals surface area contributed by atoms with Crippen LogP contribution in [0.25, 0.3) is 10.8 Å². The molecule has 0 atom stereocenters. The maximum Gasteiger partial charge on any atom is 0.263 e. The number of phenols is 1. The normalized spacial score (nSPS) is 11.6. The third-order valence-corrected chi connectivity index (χ3v) is 6.18. The zero-order chi connectivity index (χ0) is 16.6. The second-order valence-corrected chi connectivity index (χ2v) is 8.28. The van der Waals surface area contributed by atoms with Crippen LogP contribution < -0.4 is 4.72 Å². The minimum atomic E-state index is -3.78. The third kappa shape index (κ3) is 3.22. The standard InChI is InChI=1S/C16H11Br2NO3S/c17-10-5-6-13(18)16(9-10)23(21,22)19-14-7-8-15(20)12-4-2-1-3-11(12)14/h1-9,19-20H. The summed E-state index contributed by atoms with van der Waals surface area (Å²) in [5, 5.41) is 11.1. The lowest BCUT2D eigenvalue weighted by molar-refractivity contribution is 0.481. The Labute approximate surface area is 150 Å². The lowest BCUT2D eigenvalue weighted by atomic mass is 10.1. The molecule has 0 unspecified atom stereocenters. The monoisotopic (exact) mass is 455 g/mol. The molecule has 4 nitrogen and oxygen atoms in total. The molecule has 0 radical (unpaired) electrons. The topological polar surface area (TPSA) is 66.4 Å². The summed E-state index contributed by atoms with van der Waals surface area (Å²) in [5.74, 6) is 0.104. The van der Waals surface area contributed by atoms with Gasteiger partial charge in [0.05, 0.1) is 5.69 Å². The van der Waals surface area contributed by atoms with Gasteiger partial charge in [0, 0.05) is 19.7 Å². The van der Waals surface area contributed by atoms with Crippen LogP contribution in [0, 0.1) is 0 Å². The number of anilines is 1. The van der Waals surface area contributed by atoms with Gasteiger partial charge < -0.3 is 5.11 Å². The number of benzene rings is 3. The second kappa shape index (κ2) is 6.14. The van der Waals surface area contributed by atoms with Gasteiger partial charge in [-0.05, 0) is 46.3 Å². The summed E-state index contributed by atoms with van der Waals surface area (Å²) in [4.78, 5) is 0.129. The zero-order valence-electron chi connectivity index (χ0n) is 11.6. The van der Waals surface area contributed by atoms with Crippen molar-refractivity contribution in [2.24, 2.45) is 0 Å². The Kier molecular flexibility index (Phi) is 4.35. The molecule has 0 aliphatic rings. The van der Waals surface area contributed by atoms with Crippen molar-refractivity contribution in [1.82, 2.24) is 0 Å². The van der Waals surface area contributed by atoms with E-state index in [1.54, 1.807) is 42.5 Å². The van der Waals surface area contributed by atoms with E-state index >= 15 is 0 Å². The van der Waals surface area contributed by atoms with E-state index in [1.807, 2.05) is 0 Å². The largest absolute Gasteiger partial charge is 0.507 e. The molecule has 23 heavy (non-hydrogen) atoms. The highest BCUT2D eigenvalue weighted by Crippen LogP contribution is 2.33. The zero-order valence-corrected chi connectivity index (χ0v) is 15.6. The van der Waals surface area contributed by atoms with Crippen LogP contribution in [0.15, 0.2) is 68.4 Å². The molecule has 7 heteroatoms. The average molecular weight is 457 g/mol. The second-order valence-electron chi connectivity index (χ2n) is 4.86. The van der Waals surface area contributed by atoms with Crippen LogP contribution in [0.2, 0.25) is 0 Å². The van der Waals surface area contributed by atoms with Crippen molar-refractivity contribution in [2.75, 3.05) is 4.72 Å².